The molecule has 6 heterocycles. The lowest BCUT2D eigenvalue weighted by Gasteiger charge is -2.16. The molecule has 5 nitrogen and oxygen atoms in total. The third kappa shape index (κ3) is 13.9. The van der Waals surface area contributed by atoms with Gasteiger partial charge in [-0.25, -0.2) is 0 Å². The molecule has 0 aliphatic rings. The Bertz CT molecular complexity index is 9540. The summed E-state index contributed by atoms with van der Waals surface area (Å²) in [5.41, 5.74) is 38.0. The molecule has 6 heteroatoms. The summed E-state index contributed by atoms with van der Waals surface area (Å²) in [5, 5.41) is 15.1. The van der Waals surface area contributed by atoms with Crippen molar-refractivity contribution in [3.8, 4) is 123 Å². The van der Waals surface area contributed by atoms with E-state index in [2.05, 4.69) is 528 Å². The van der Waals surface area contributed by atoms with Crippen molar-refractivity contribution in [1.82, 2.24) is 18.3 Å². The minimum Gasteiger partial charge on any atom is -0.456 e. The van der Waals surface area contributed by atoms with Crippen LogP contribution in [0.25, 0.3) is 252 Å². The van der Waals surface area contributed by atoms with Crippen molar-refractivity contribution < 1.29 is 4.42 Å². The average Bonchev–Trinajstić information content (AvgIpc) is 1.59. The van der Waals surface area contributed by atoms with Crippen LogP contribution in [0.5, 0.6) is 0 Å². The topological polar surface area (TPSA) is 32.9 Å². The largest absolute Gasteiger partial charge is 0.456 e. The van der Waals surface area contributed by atoms with Crippen LogP contribution in [0.15, 0.2) is 526 Å². The molecule has 0 N–H and O–H groups in total. The standard InChI is InChI=1S/C48H32N2.C42H27NO.C42H27NS/c1-3-15-33(16-4-1)39-23-13-24-41-40-20-8-11-26-44(40)50(48(39)41)43-25-10-7-19-37(43)34-29-31-35(32-30-34)38-22-14-28-46-47(38)42-21-9-12-27-45(42)49(46)36-17-5-2-6-18-36;1-2-11-29(12-3-1)33-16-10-17-37-34-14-5-8-19-39(34)43(42(33)37)38-18-7-4-13-32(38)30-23-21-28(22-24-30)31-25-26-36-35-15-6-9-20-40(35)44-41(36)27-31;1-2-11-29(12-3-1)33-16-10-17-36-34-14-5-8-19-39(34)43(42(33)36)38-18-7-4-13-32(38)30-23-21-28(22-24-30)31-25-26-41-37(27-31)35-15-6-9-20-40(35)44-41/h1-32H;2*1-27H. The summed E-state index contributed by atoms with van der Waals surface area (Å²) in [7, 11) is 0. The molecule has 22 aromatic carbocycles. The molecule has 6 aromatic heterocycles. The van der Waals surface area contributed by atoms with Crippen molar-refractivity contribution in [2.45, 2.75) is 0 Å². The molecule has 28 aromatic rings. The Labute approximate surface area is 802 Å². The van der Waals surface area contributed by atoms with Gasteiger partial charge in [0, 0.05) is 113 Å². The molecule has 646 valence electrons. The van der Waals surface area contributed by atoms with Crippen LogP contribution >= 0.6 is 11.3 Å². The molecular formula is C132H86N4OS. The van der Waals surface area contributed by atoms with Gasteiger partial charge >= 0.3 is 0 Å². The van der Waals surface area contributed by atoms with E-state index < -0.39 is 0 Å². The minimum atomic E-state index is 0.915. The second kappa shape index (κ2) is 34.3. The lowest BCUT2D eigenvalue weighted by atomic mass is 9.96. The summed E-state index contributed by atoms with van der Waals surface area (Å²) in [6.45, 7) is 0. The maximum absolute atomic E-state index is 6.17. The molecule has 0 saturated heterocycles. The third-order valence-corrected chi connectivity index (χ3v) is 29.0. The first-order valence-electron chi connectivity index (χ1n) is 47.3. The van der Waals surface area contributed by atoms with E-state index in [9.17, 15) is 0 Å². The van der Waals surface area contributed by atoms with Crippen LogP contribution in [0.4, 0.5) is 0 Å². The van der Waals surface area contributed by atoms with Crippen molar-refractivity contribution in [2.75, 3.05) is 0 Å². The Morgan fingerprint density at radius 3 is 0.920 bits per heavy atom. The maximum atomic E-state index is 6.17. The van der Waals surface area contributed by atoms with Crippen LogP contribution in [-0.4, -0.2) is 18.3 Å². The number of aromatic nitrogens is 4. The zero-order valence-corrected chi connectivity index (χ0v) is 76.1. The normalized spacial score (nSPS) is 11.6. The number of nitrogens with zero attached hydrogens (tertiary/aromatic N) is 4. The fourth-order valence-corrected chi connectivity index (χ4v) is 22.6. The zero-order valence-electron chi connectivity index (χ0n) is 75.3. The van der Waals surface area contributed by atoms with Crippen molar-refractivity contribution in [1.29, 1.82) is 0 Å². The zero-order chi connectivity index (χ0) is 91.1. The van der Waals surface area contributed by atoms with Gasteiger partial charge in [-0.05, 0) is 164 Å². The number of rotatable bonds is 13. The first-order valence-corrected chi connectivity index (χ1v) is 48.1. The number of furan rings is 1. The van der Waals surface area contributed by atoms with Gasteiger partial charge < -0.3 is 22.7 Å². The number of hydrogen-bond acceptors (Lipinski definition) is 2. The highest BCUT2D eigenvalue weighted by molar-refractivity contribution is 7.25. The minimum absolute atomic E-state index is 0.915. The Morgan fingerprint density at radius 2 is 0.449 bits per heavy atom. The summed E-state index contributed by atoms with van der Waals surface area (Å²) in [4.78, 5) is 0. The van der Waals surface area contributed by atoms with Crippen molar-refractivity contribution in [3.63, 3.8) is 0 Å². The molecule has 0 atom stereocenters. The number of thiophene rings is 1. The molecule has 0 fully saturated rings. The second-order valence-electron chi connectivity index (χ2n) is 35.6. The van der Waals surface area contributed by atoms with Gasteiger partial charge in [-0.1, -0.05) is 425 Å². The number of para-hydroxylation sites is 12. The monoisotopic (exact) mass is 1770 g/mol. The number of fused-ring (bicyclic) bond motifs is 18. The quantitative estimate of drug-likeness (QED) is 0.113. The highest BCUT2D eigenvalue weighted by Gasteiger charge is 2.25. The number of hydrogen-bond donors (Lipinski definition) is 0. The van der Waals surface area contributed by atoms with Gasteiger partial charge in [-0.2, -0.15) is 0 Å². The summed E-state index contributed by atoms with van der Waals surface area (Å²) in [6.07, 6.45) is 0. The van der Waals surface area contributed by atoms with E-state index in [1.165, 1.54) is 219 Å². The highest BCUT2D eigenvalue weighted by atomic mass is 32.1. The van der Waals surface area contributed by atoms with Crippen molar-refractivity contribution >= 4 is 141 Å². The second-order valence-corrected chi connectivity index (χ2v) is 36.6. The van der Waals surface area contributed by atoms with Gasteiger partial charge in [-0.3, -0.25) is 0 Å². The van der Waals surface area contributed by atoms with Crippen LogP contribution in [0.2, 0.25) is 0 Å². The first kappa shape index (κ1) is 80.9. The fraction of sp³-hybridized carbons (Fsp3) is 0. The van der Waals surface area contributed by atoms with E-state index in [0.717, 1.165) is 33.1 Å². The van der Waals surface area contributed by atoms with Gasteiger partial charge in [0.1, 0.15) is 11.2 Å². The van der Waals surface area contributed by atoms with Crippen LogP contribution < -0.4 is 0 Å². The summed E-state index contributed by atoms with van der Waals surface area (Å²) < 4.78 is 18.6. The predicted octanol–water partition coefficient (Wildman–Crippen LogP) is 36.7. The molecule has 0 bridgehead atoms. The maximum Gasteiger partial charge on any atom is 0.136 e. The lowest BCUT2D eigenvalue weighted by molar-refractivity contribution is 0.669. The van der Waals surface area contributed by atoms with E-state index in [-0.39, 0.29) is 0 Å². The van der Waals surface area contributed by atoms with Gasteiger partial charge in [-0.15, -0.1) is 11.3 Å². The van der Waals surface area contributed by atoms with Crippen LogP contribution in [0.1, 0.15) is 0 Å². The Hall–Kier alpha value is -17.9. The van der Waals surface area contributed by atoms with Crippen molar-refractivity contribution in [3.05, 3.63) is 522 Å². The van der Waals surface area contributed by atoms with Crippen molar-refractivity contribution in [2.24, 2.45) is 0 Å². The molecule has 28 rings (SSSR count). The lowest BCUT2D eigenvalue weighted by Crippen LogP contribution is -1.98. The van der Waals surface area contributed by atoms with E-state index in [1.807, 2.05) is 23.5 Å². The van der Waals surface area contributed by atoms with E-state index in [1.54, 1.807) is 0 Å². The average molecular weight is 1780 g/mol. The molecule has 0 aliphatic heterocycles. The SMILES string of the molecule is c1ccc(-c2cccc3c4ccccc4n(-c4ccccc4-c4ccc(-c5ccc6c(c5)oc5ccccc56)cc4)c23)cc1.c1ccc(-c2cccc3c4ccccc4n(-c4ccccc4-c4ccc(-c5ccc6sc7ccccc7c6c5)cc4)c23)cc1.c1ccc(-c2cccc3c4ccccc4n(-c4ccccc4-c4ccc(-c5cccc6c5c5ccccc5n6-c5ccccc5)cc4)c23)cc1. The first-order chi connectivity index (χ1) is 68.5. The molecular weight excluding hydrogens is 1690 g/mol. The molecule has 0 aliphatic carbocycles. The molecule has 0 saturated carbocycles. The highest BCUT2D eigenvalue weighted by Crippen LogP contribution is 2.48. The molecule has 0 amide bonds. The number of benzene rings is 22. The third-order valence-electron chi connectivity index (χ3n) is 27.8. The van der Waals surface area contributed by atoms with Crippen LogP contribution in [0.3, 0.4) is 0 Å². The smallest absolute Gasteiger partial charge is 0.136 e. The van der Waals surface area contributed by atoms with E-state index >= 15 is 0 Å². The van der Waals surface area contributed by atoms with E-state index in [4.69, 9.17) is 4.42 Å². The Balaban J connectivity index is 0.000000107. The Kier molecular flexibility index (Phi) is 20.1. The molecule has 138 heavy (non-hydrogen) atoms. The van der Waals surface area contributed by atoms with Crippen LogP contribution in [0, 0.1) is 0 Å². The van der Waals surface area contributed by atoms with Gasteiger partial charge in [0.15, 0.2) is 0 Å². The summed E-state index contributed by atoms with van der Waals surface area (Å²) >= 11 is 1.86. The fourth-order valence-electron chi connectivity index (χ4n) is 21.5. The summed E-state index contributed by atoms with van der Waals surface area (Å²) in [5.74, 6) is 0. The van der Waals surface area contributed by atoms with Crippen LogP contribution in [-0.2, 0) is 0 Å². The molecule has 0 spiro atoms. The van der Waals surface area contributed by atoms with Gasteiger partial charge in [0.05, 0.1) is 61.2 Å². The predicted molar refractivity (Wildman–Crippen MR) is 586 cm³/mol. The molecule has 0 unspecified atom stereocenters. The summed E-state index contributed by atoms with van der Waals surface area (Å²) in [6, 6.07) is 188. The van der Waals surface area contributed by atoms with E-state index in [0.29, 0.717) is 0 Å². The van der Waals surface area contributed by atoms with Gasteiger partial charge in [0.2, 0.25) is 0 Å². The van der Waals surface area contributed by atoms with Gasteiger partial charge in [0.25, 0.3) is 0 Å². The molecule has 0 radical (unpaired) electrons. The Morgan fingerprint density at radius 1 is 0.152 bits per heavy atom.